The van der Waals surface area contributed by atoms with Crippen LogP contribution in [0.25, 0.3) is 0 Å². The molecule has 1 atom stereocenters. The van der Waals surface area contributed by atoms with Gasteiger partial charge in [0.2, 0.25) is 5.91 Å². The fourth-order valence-corrected chi connectivity index (χ4v) is 2.40. The highest BCUT2D eigenvalue weighted by molar-refractivity contribution is 8.00. The van der Waals surface area contributed by atoms with E-state index in [-0.39, 0.29) is 12.5 Å². The second kappa shape index (κ2) is 7.44. The average molecular weight is 267 g/mol. The van der Waals surface area contributed by atoms with Gasteiger partial charge in [-0.25, -0.2) is 0 Å². The van der Waals surface area contributed by atoms with Crippen LogP contribution < -0.4 is 5.32 Å². The molecule has 0 saturated carbocycles. The van der Waals surface area contributed by atoms with E-state index in [4.69, 9.17) is 5.11 Å². The smallest absolute Gasteiger partial charge is 0.234 e. The Labute approximate surface area is 113 Å². The Balaban J connectivity index is 2.44. The molecular weight excluding hydrogens is 246 g/mol. The van der Waals surface area contributed by atoms with E-state index in [2.05, 4.69) is 11.4 Å². The van der Waals surface area contributed by atoms with E-state index in [1.807, 2.05) is 32.9 Å². The number of carbonyl (C=O) groups is 1. The van der Waals surface area contributed by atoms with Gasteiger partial charge in [-0.3, -0.25) is 4.79 Å². The summed E-state index contributed by atoms with van der Waals surface area (Å²) in [5.41, 5.74) is 3.15. The monoisotopic (exact) mass is 267 g/mol. The van der Waals surface area contributed by atoms with Gasteiger partial charge in [0, 0.05) is 17.5 Å². The molecule has 0 aliphatic heterocycles. The standard InChI is InChI=1S/C14H21NO2S/c1-10-4-5-13(11(2)8-10)15-14(17)9-18-12(3)6-7-16/h4-5,8,12,16H,6-7,9H2,1-3H3,(H,15,17). The zero-order valence-electron chi connectivity index (χ0n) is 11.2. The molecule has 3 nitrogen and oxygen atoms in total. The number of carbonyl (C=O) groups excluding carboxylic acids is 1. The van der Waals surface area contributed by atoms with Crippen LogP contribution in [0.5, 0.6) is 0 Å². The van der Waals surface area contributed by atoms with E-state index in [1.165, 1.54) is 5.56 Å². The molecular formula is C14H21NO2S. The lowest BCUT2D eigenvalue weighted by Gasteiger charge is -2.11. The number of aryl methyl sites for hydroxylation is 2. The lowest BCUT2D eigenvalue weighted by atomic mass is 10.1. The molecule has 0 aromatic heterocycles. The van der Waals surface area contributed by atoms with Crippen LogP contribution >= 0.6 is 11.8 Å². The summed E-state index contributed by atoms with van der Waals surface area (Å²) in [5, 5.41) is 12.0. The largest absolute Gasteiger partial charge is 0.396 e. The number of aliphatic hydroxyl groups excluding tert-OH is 1. The van der Waals surface area contributed by atoms with Gasteiger partial charge in [0.1, 0.15) is 0 Å². The molecule has 0 aliphatic rings. The van der Waals surface area contributed by atoms with Gasteiger partial charge < -0.3 is 10.4 Å². The van der Waals surface area contributed by atoms with E-state index < -0.39 is 0 Å². The normalized spacial score (nSPS) is 12.2. The summed E-state index contributed by atoms with van der Waals surface area (Å²) >= 11 is 1.57. The molecule has 0 bridgehead atoms. The second-order valence-corrected chi connectivity index (χ2v) is 5.93. The predicted octanol–water partition coefficient (Wildman–Crippen LogP) is 2.75. The highest BCUT2D eigenvalue weighted by Gasteiger charge is 2.08. The van der Waals surface area contributed by atoms with Crippen molar-refractivity contribution < 1.29 is 9.90 Å². The Morgan fingerprint density at radius 3 is 2.78 bits per heavy atom. The van der Waals surface area contributed by atoms with Gasteiger partial charge in [-0.15, -0.1) is 11.8 Å². The third kappa shape index (κ3) is 5.10. The third-order valence-electron chi connectivity index (χ3n) is 2.69. The number of nitrogens with one attached hydrogen (secondary N) is 1. The molecule has 1 amide bonds. The summed E-state index contributed by atoms with van der Waals surface area (Å²) in [5.74, 6) is 0.436. The topological polar surface area (TPSA) is 49.3 Å². The minimum absolute atomic E-state index is 0.0109. The predicted molar refractivity (Wildman–Crippen MR) is 78.2 cm³/mol. The van der Waals surface area contributed by atoms with Gasteiger partial charge in [-0.2, -0.15) is 0 Å². The number of hydrogen-bond acceptors (Lipinski definition) is 3. The fourth-order valence-electron chi connectivity index (χ4n) is 1.62. The third-order valence-corrected chi connectivity index (χ3v) is 3.92. The van der Waals surface area contributed by atoms with Crippen molar-refractivity contribution in [3.8, 4) is 0 Å². The highest BCUT2D eigenvalue weighted by Crippen LogP contribution is 2.18. The maximum Gasteiger partial charge on any atom is 0.234 e. The van der Waals surface area contributed by atoms with Gasteiger partial charge in [0.15, 0.2) is 0 Å². The van der Waals surface area contributed by atoms with Crippen LogP contribution in [-0.2, 0) is 4.79 Å². The molecule has 0 fully saturated rings. The molecule has 0 aliphatic carbocycles. The van der Waals surface area contributed by atoms with Gasteiger partial charge >= 0.3 is 0 Å². The van der Waals surface area contributed by atoms with Gasteiger partial charge in [-0.05, 0) is 31.9 Å². The SMILES string of the molecule is Cc1ccc(NC(=O)CSC(C)CCO)c(C)c1. The molecule has 4 heteroatoms. The van der Waals surface area contributed by atoms with E-state index in [0.717, 1.165) is 17.7 Å². The summed E-state index contributed by atoms with van der Waals surface area (Å²) < 4.78 is 0. The number of aliphatic hydroxyl groups is 1. The van der Waals surface area contributed by atoms with Crippen molar-refractivity contribution in [3.63, 3.8) is 0 Å². The molecule has 0 radical (unpaired) electrons. The van der Waals surface area contributed by atoms with Gasteiger partial charge in [-0.1, -0.05) is 24.6 Å². The summed E-state index contributed by atoms with van der Waals surface area (Å²) in [4.78, 5) is 11.8. The molecule has 1 aromatic rings. The minimum Gasteiger partial charge on any atom is -0.396 e. The summed E-state index contributed by atoms with van der Waals surface area (Å²) in [6.07, 6.45) is 0.724. The maximum atomic E-state index is 11.8. The van der Waals surface area contributed by atoms with Crippen molar-refractivity contribution in [2.75, 3.05) is 17.7 Å². The molecule has 0 saturated heterocycles. The minimum atomic E-state index is 0.0109. The molecule has 100 valence electrons. The van der Waals surface area contributed by atoms with Crippen LogP contribution in [0.2, 0.25) is 0 Å². The molecule has 2 N–H and O–H groups in total. The van der Waals surface area contributed by atoms with Crippen LogP contribution in [-0.4, -0.2) is 28.6 Å². The second-order valence-electron chi connectivity index (χ2n) is 4.50. The Hall–Kier alpha value is -1.00. The lowest BCUT2D eigenvalue weighted by molar-refractivity contribution is -0.113. The number of amides is 1. The first-order chi connectivity index (χ1) is 8.52. The number of anilines is 1. The zero-order chi connectivity index (χ0) is 13.5. The van der Waals surface area contributed by atoms with Crippen LogP contribution in [0.3, 0.4) is 0 Å². The lowest BCUT2D eigenvalue weighted by Crippen LogP contribution is -2.16. The number of benzene rings is 1. The quantitative estimate of drug-likeness (QED) is 0.833. The summed E-state index contributed by atoms with van der Waals surface area (Å²) in [6, 6.07) is 5.98. The molecule has 0 heterocycles. The molecule has 1 rings (SSSR count). The zero-order valence-corrected chi connectivity index (χ0v) is 12.0. The van der Waals surface area contributed by atoms with Crippen LogP contribution in [0.15, 0.2) is 18.2 Å². The van der Waals surface area contributed by atoms with Crippen molar-refractivity contribution in [2.24, 2.45) is 0 Å². The van der Waals surface area contributed by atoms with E-state index in [0.29, 0.717) is 11.0 Å². The molecule has 1 aromatic carbocycles. The first kappa shape index (κ1) is 15.1. The molecule has 18 heavy (non-hydrogen) atoms. The Morgan fingerprint density at radius 2 is 2.17 bits per heavy atom. The average Bonchev–Trinajstić information content (AvgIpc) is 2.31. The van der Waals surface area contributed by atoms with E-state index in [1.54, 1.807) is 11.8 Å². The Kier molecular flexibility index (Phi) is 6.22. The van der Waals surface area contributed by atoms with Gasteiger partial charge in [0.05, 0.1) is 5.75 Å². The number of hydrogen-bond donors (Lipinski definition) is 2. The molecule has 1 unspecified atom stereocenters. The summed E-state index contributed by atoms with van der Waals surface area (Å²) in [7, 11) is 0. The molecule has 0 spiro atoms. The van der Waals surface area contributed by atoms with E-state index in [9.17, 15) is 4.79 Å². The van der Waals surface area contributed by atoms with Gasteiger partial charge in [0.25, 0.3) is 0 Å². The van der Waals surface area contributed by atoms with Crippen molar-refractivity contribution in [1.82, 2.24) is 0 Å². The highest BCUT2D eigenvalue weighted by atomic mass is 32.2. The van der Waals surface area contributed by atoms with Crippen molar-refractivity contribution in [1.29, 1.82) is 0 Å². The van der Waals surface area contributed by atoms with Crippen molar-refractivity contribution in [2.45, 2.75) is 32.4 Å². The van der Waals surface area contributed by atoms with Crippen LogP contribution in [0, 0.1) is 13.8 Å². The van der Waals surface area contributed by atoms with Crippen molar-refractivity contribution in [3.05, 3.63) is 29.3 Å². The Morgan fingerprint density at radius 1 is 1.44 bits per heavy atom. The summed E-state index contributed by atoms with van der Waals surface area (Å²) in [6.45, 7) is 6.22. The first-order valence-electron chi connectivity index (χ1n) is 6.12. The van der Waals surface area contributed by atoms with Crippen LogP contribution in [0.1, 0.15) is 24.5 Å². The van der Waals surface area contributed by atoms with Crippen molar-refractivity contribution >= 4 is 23.4 Å². The Bertz CT molecular complexity index is 407. The number of rotatable bonds is 6. The number of thioether (sulfide) groups is 1. The first-order valence-corrected chi connectivity index (χ1v) is 7.17. The fraction of sp³-hybridized carbons (Fsp3) is 0.500. The van der Waals surface area contributed by atoms with Crippen LogP contribution in [0.4, 0.5) is 5.69 Å². The maximum absolute atomic E-state index is 11.8. The van der Waals surface area contributed by atoms with E-state index >= 15 is 0 Å².